The Hall–Kier alpha value is -2.47. The Balaban J connectivity index is 2.29. The van der Waals surface area contributed by atoms with Crippen LogP contribution in [0.5, 0.6) is 5.75 Å². The molecule has 102 valence electrons. The number of benzene rings is 2. The molecule has 2 aromatic carbocycles. The van der Waals surface area contributed by atoms with Crippen LogP contribution < -0.4 is 0 Å². The van der Waals surface area contributed by atoms with Crippen LogP contribution in [0.25, 0.3) is 0 Å². The lowest BCUT2D eigenvalue weighted by molar-refractivity contribution is -0.385. The van der Waals surface area contributed by atoms with Crippen molar-refractivity contribution in [2.45, 2.75) is 0 Å². The van der Waals surface area contributed by atoms with E-state index in [1.807, 2.05) is 0 Å². The molecule has 0 atom stereocenters. The number of rotatable bonds is 3. The Bertz CT molecular complexity index is 704. The van der Waals surface area contributed by atoms with Crippen molar-refractivity contribution < 1.29 is 14.4 Å². The fourth-order valence-electron chi connectivity index (χ4n) is 1.48. The van der Waals surface area contributed by atoms with Crippen molar-refractivity contribution in [2.75, 3.05) is 0 Å². The topological polar surface area (TPSA) is 75.7 Å². The Labute approximate surface area is 118 Å². The molecule has 0 bridgehead atoms. The minimum Gasteiger partial charge on any atom is -0.502 e. The van der Waals surface area contributed by atoms with E-state index in [2.05, 4.69) is 4.99 Å². The van der Waals surface area contributed by atoms with E-state index in [4.69, 9.17) is 11.6 Å². The van der Waals surface area contributed by atoms with Crippen molar-refractivity contribution in [1.82, 2.24) is 0 Å². The van der Waals surface area contributed by atoms with Crippen LogP contribution in [0.15, 0.2) is 41.4 Å². The van der Waals surface area contributed by atoms with E-state index in [-0.39, 0.29) is 5.02 Å². The van der Waals surface area contributed by atoms with Gasteiger partial charge in [0.1, 0.15) is 5.82 Å². The van der Waals surface area contributed by atoms with E-state index in [9.17, 15) is 19.6 Å². The van der Waals surface area contributed by atoms with Crippen molar-refractivity contribution in [3.8, 4) is 5.75 Å². The fraction of sp³-hybridized carbons (Fsp3) is 0. The number of phenolic OH excluding ortho intramolecular Hbond substituents is 1. The zero-order valence-electron chi connectivity index (χ0n) is 9.96. The molecule has 0 spiro atoms. The molecule has 0 saturated carbocycles. The lowest BCUT2D eigenvalue weighted by Crippen LogP contribution is -1.90. The minimum atomic E-state index is -0.693. The third kappa shape index (κ3) is 3.10. The predicted octanol–water partition coefficient (Wildman–Crippen LogP) is 3.84. The second kappa shape index (κ2) is 5.66. The lowest BCUT2D eigenvalue weighted by atomic mass is 10.2. The number of halogens is 2. The van der Waals surface area contributed by atoms with Crippen LogP contribution >= 0.6 is 11.6 Å². The molecule has 2 aromatic rings. The van der Waals surface area contributed by atoms with E-state index in [0.717, 1.165) is 0 Å². The predicted molar refractivity (Wildman–Crippen MR) is 73.4 cm³/mol. The van der Waals surface area contributed by atoms with E-state index < -0.39 is 22.2 Å². The summed E-state index contributed by atoms with van der Waals surface area (Å²) in [6, 6.07) is 7.79. The summed E-state index contributed by atoms with van der Waals surface area (Å²) in [5.74, 6) is -0.970. The van der Waals surface area contributed by atoms with Crippen molar-refractivity contribution in [2.24, 2.45) is 4.99 Å². The highest BCUT2D eigenvalue weighted by molar-refractivity contribution is 6.31. The zero-order chi connectivity index (χ0) is 14.7. The molecule has 0 amide bonds. The Morgan fingerprint density at radius 1 is 1.30 bits per heavy atom. The first-order chi connectivity index (χ1) is 9.47. The van der Waals surface area contributed by atoms with Crippen molar-refractivity contribution >= 4 is 29.2 Å². The Morgan fingerprint density at radius 2 is 2.05 bits per heavy atom. The molecule has 0 unspecified atom stereocenters. The average Bonchev–Trinajstić information content (AvgIpc) is 2.41. The summed E-state index contributed by atoms with van der Waals surface area (Å²) < 4.78 is 13.0. The molecule has 0 fully saturated rings. The third-order valence-corrected chi connectivity index (χ3v) is 2.75. The summed E-state index contributed by atoms with van der Waals surface area (Å²) in [5.41, 5.74) is 0.424. The molecule has 0 radical (unpaired) electrons. The molecule has 0 aliphatic rings. The second-order valence-electron chi connectivity index (χ2n) is 3.86. The van der Waals surface area contributed by atoms with Gasteiger partial charge >= 0.3 is 5.69 Å². The van der Waals surface area contributed by atoms with Crippen LogP contribution in [0.3, 0.4) is 0 Å². The number of aromatic hydroxyl groups is 1. The number of nitrogens with zero attached hydrogens (tertiary/aromatic N) is 2. The number of nitro benzene ring substituents is 1. The van der Waals surface area contributed by atoms with Crippen LogP contribution in [-0.2, 0) is 0 Å². The highest BCUT2D eigenvalue weighted by Crippen LogP contribution is 2.26. The smallest absolute Gasteiger partial charge is 0.311 e. The van der Waals surface area contributed by atoms with Crippen LogP contribution in [0, 0.1) is 15.9 Å². The zero-order valence-corrected chi connectivity index (χ0v) is 10.7. The number of hydrogen-bond donors (Lipinski definition) is 1. The largest absolute Gasteiger partial charge is 0.502 e. The van der Waals surface area contributed by atoms with Crippen LogP contribution in [0.4, 0.5) is 15.8 Å². The normalized spacial score (nSPS) is 10.9. The SMILES string of the molecule is O=[N+]([O-])c1cc(C=Nc2ccc(F)c(Cl)c2)ccc1O. The maximum Gasteiger partial charge on any atom is 0.311 e. The highest BCUT2D eigenvalue weighted by atomic mass is 35.5. The number of nitro groups is 1. The van der Waals surface area contributed by atoms with Gasteiger partial charge < -0.3 is 5.11 Å². The lowest BCUT2D eigenvalue weighted by Gasteiger charge is -1.98. The van der Waals surface area contributed by atoms with Crippen LogP contribution in [0.2, 0.25) is 5.02 Å². The minimum absolute atomic E-state index is 0.0589. The van der Waals surface area contributed by atoms with Crippen LogP contribution in [0.1, 0.15) is 5.56 Å². The summed E-state index contributed by atoms with van der Waals surface area (Å²) in [6.07, 6.45) is 1.36. The molecule has 1 N–H and O–H groups in total. The van der Waals surface area contributed by atoms with Gasteiger partial charge in [0.25, 0.3) is 0 Å². The van der Waals surface area contributed by atoms with Gasteiger partial charge in [-0.1, -0.05) is 11.6 Å². The summed E-state index contributed by atoms with van der Waals surface area (Å²) >= 11 is 5.61. The van der Waals surface area contributed by atoms with Gasteiger partial charge in [-0.25, -0.2) is 4.39 Å². The standard InChI is InChI=1S/C13H8ClFN2O3/c14-10-6-9(2-3-11(10)15)16-7-8-1-4-13(18)12(5-8)17(19)20/h1-7,18H. The Kier molecular flexibility index (Phi) is 3.95. The molecule has 0 aliphatic heterocycles. The first-order valence-corrected chi connectivity index (χ1v) is 5.81. The van der Waals surface area contributed by atoms with Crippen molar-refractivity contribution in [3.05, 3.63) is 62.9 Å². The summed E-state index contributed by atoms with van der Waals surface area (Å²) in [7, 11) is 0. The van der Waals surface area contributed by atoms with Gasteiger partial charge in [0.2, 0.25) is 0 Å². The molecular weight excluding hydrogens is 287 g/mol. The molecule has 0 aromatic heterocycles. The second-order valence-corrected chi connectivity index (χ2v) is 4.27. The molecule has 0 saturated heterocycles. The van der Waals surface area contributed by atoms with Gasteiger partial charge in [-0.3, -0.25) is 15.1 Å². The van der Waals surface area contributed by atoms with E-state index in [1.54, 1.807) is 0 Å². The van der Waals surface area contributed by atoms with E-state index in [0.29, 0.717) is 11.3 Å². The van der Waals surface area contributed by atoms with Gasteiger partial charge in [0, 0.05) is 12.3 Å². The number of hydrogen-bond acceptors (Lipinski definition) is 4. The molecule has 0 aliphatic carbocycles. The van der Waals surface area contributed by atoms with Gasteiger partial charge in [-0.2, -0.15) is 0 Å². The molecule has 2 rings (SSSR count). The van der Waals surface area contributed by atoms with Crippen LogP contribution in [-0.4, -0.2) is 16.2 Å². The number of aliphatic imine (C=N–C) groups is 1. The average molecular weight is 295 g/mol. The third-order valence-electron chi connectivity index (χ3n) is 2.46. The fourth-order valence-corrected chi connectivity index (χ4v) is 1.66. The first kappa shape index (κ1) is 14.0. The summed E-state index contributed by atoms with van der Waals surface area (Å²) in [4.78, 5) is 14.0. The van der Waals surface area contributed by atoms with E-state index in [1.165, 1.54) is 42.6 Å². The molecular formula is C13H8ClFN2O3. The Morgan fingerprint density at radius 3 is 2.70 bits per heavy atom. The van der Waals surface area contributed by atoms with Gasteiger partial charge in [-0.05, 0) is 35.9 Å². The molecule has 5 nitrogen and oxygen atoms in total. The highest BCUT2D eigenvalue weighted by Gasteiger charge is 2.12. The maximum atomic E-state index is 13.0. The monoisotopic (exact) mass is 294 g/mol. The van der Waals surface area contributed by atoms with Gasteiger partial charge in [0.05, 0.1) is 15.6 Å². The summed E-state index contributed by atoms with van der Waals surface area (Å²) in [5, 5.41) is 19.9. The first-order valence-electron chi connectivity index (χ1n) is 5.44. The quantitative estimate of drug-likeness (QED) is 0.531. The number of phenols is 1. The van der Waals surface area contributed by atoms with Crippen molar-refractivity contribution in [3.63, 3.8) is 0 Å². The molecule has 20 heavy (non-hydrogen) atoms. The van der Waals surface area contributed by atoms with Gasteiger partial charge in [0.15, 0.2) is 5.75 Å². The summed E-state index contributed by atoms with van der Waals surface area (Å²) in [6.45, 7) is 0. The molecule has 0 heterocycles. The maximum absolute atomic E-state index is 13.0. The van der Waals surface area contributed by atoms with Gasteiger partial charge in [-0.15, -0.1) is 0 Å². The molecule has 7 heteroatoms. The van der Waals surface area contributed by atoms with Crippen molar-refractivity contribution in [1.29, 1.82) is 0 Å². The van der Waals surface area contributed by atoms with E-state index >= 15 is 0 Å².